The van der Waals surface area contributed by atoms with Crippen LogP contribution in [-0.2, 0) is 4.79 Å². The van der Waals surface area contributed by atoms with Crippen LogP contribution in [0.1, 0.15) is 26.7 Å². The molecule has 0 bridgehead atoms. The van der Waals surface area contributed by atoms with Crippen molar-refractivity contribution in [2.45, 2.75) is 32.2 Å². The van der Waals surface area contributed by atoms with Crippen LogP contribution in [0.3, 0.4) is 0 Å². The van der Waals surface area contributed by atoms with E-state index in [2.05, 4.69) is 0 Å². The molecule has 68 valence electrons. The lowest BCUT2D eigenvalue weighted by atomic mass is 9.98. The average Bonchev–Trinajstić information content (AvgIpc) is 1.59. The number of hydrogen-bond acceptors (Lipinski definition) is 3. The minimum absolute atomic E-state index is 0. The predicted octanol–water partition coefficient (Wildman–Crippen LogP) is 0.643. The number of ketones is 1. The SMILES string of the molecule is Br.CC(C)(N)CC(=O)CCO. The molecular formula is C7H16BrNO2. The van der Waals surface area contributed by atoms with Gasteiger partial charge >= 0.3 is 0 Å². The zero-order chi connectivity index (χ0) is 8.20. The summed E-state index contributed by atoms with van der Waals surface area (Å²) in [6.07, 6.45) is 0.564. The Bertz CT molecular complexity index is 120. The molecule has 0 heterocycles. The highest BCUT2D eigenvalue weighted by molar-refractivity contribution is 8.93. The second kappa shape index (κ2) is 5.69. The van der Waals surface area contributed by atoms with E-state index in [9.17, 15) is 4.79 Å². The molecule has 4 heteroatoms. The van der Waals surface area contributed by atoms with E-state index < -0.39 is 5.54 Å². The van der Waals surface area contributed by atoms with Crippen LogP contribution in [0, 0.1) is 0 Å². The molecule has 0 saturated heterocycles. The molecule has 0 fully saturated rings. The molecular weight excluding hydrogens is 210 g/mol. The Kier molecular flexibility index (Phi) is 7.05. The van der Waals surface area contributed by atoms with E-state index in [1.807, 2.05) is 0 Å². The molecule has 0 saturated carbocycles. The van der Waals surface area contributed by atoms with Gasteiger partial charge in [0, 0.05) is 25.0 Å². The first-order valence-corrected chi connectivity index (χ1v) is 3.37. The minimum Gasteiger partial charge on any atom is -0.396 e. The molecule has 0 unspecified atom stereocenters. The Balaban J connectivity index is 0. The number of hydrogen-bond donors (Lipinski definition) is 2. The van der Waals surface area contributed by atoms with Gasteiger partial charge in [0.25, 0.3) is 0 Å². The van der Waals surface area contributed by atoms with Crippen LogP contribution >= 0.6 is 17.0 Å². The molecule has 0 aromatic carbocycles. The van der Waals surface area contributed by atoms with Gasteiger partial charge in [-0.25, -0.2) is 0 Å². The lowest BCUT2D eigenvalue weighted by Gasteiger charge is -2.16. The number of halogens is 1. The third-order valence-electron chi connectivity index (χ3n) is 1.04. The first-order chi connectivity index (χ1) is 4.45. The maximum absolute atomic E-state index is 10.8. The Labute approximate surface area is 77.7 Å². The zero-order valence-corrected chi connectivity index (χ0v) is 8.68. The van der Waals surface area contributed by atoms with E-state index >= 15 is 0 Å². The maximum Gasteiger partial charge on any atom is 0.137 e. The molecule has 0 aromatic heterocycles. The predicted molar refractivity (Wildman–Crippen MR) is 49.9 cm³/mol. The van der Waals surface area contributed by atoms with Gasteiger partial charge in [-0.15, -0.1) is 17.0 Å². The van der Waals surface area contributed by atoms with Gasteiger partial charge in [-0.1, -0.05) is 0 Å². The summed E-state index contributed by atoms with van der Waals surface area (Å²) in [7, 11) is 0. The average molecular weight is 226 g/mol. The normalized spacial score (nSPS) is 10.5. The Morgan fingerprint density at radius 1 is 1.55 bits per heavy atom. The summed E-state index contributed by atoms with van der Waals surface area (Å²) in [4.78, 5) is 10.8. The quantitative estimate of drug-likeness (QED) is 0.739. The standard InChI is InChI=1S/C7H15NO2.BrH/c1-7(2,8)5-6(10)3-4-9;/h9H,3-5,8H2,1-2H3;1H. The lowest BCUT2D eigenvalue weighted by molar-refractivity contribution is -0.120. The highest BCUT2D eigenvalue weighted by atomic mass is 79.9. The number of carbonyl (C=O) groups excluding carboxylic acids is 1. The van der Waals surface area contributed by atoms with Gasteiger partial charge in [0.2, 0.25) is 0 Å². The zero-order valence-electron chi connectivity index (χ0n) is 6.96. The second-order valence-electron chi connectivity index (χ2n) is 3.18. The van der Waals surface area contributed by atoms with Crippen LogP contribution in [0.2, 0.25) is 0 Å². The van der Waals surface area contributed by atoms with Crippen LogP contribution in [0.25, 0.3) is 0 Å². The highest BCUT2D eigenvalue weighted by Gasteiger charge is 2.15. The molecule has 11 heavy (non-hydrogen) atoms. The number of nitrogens with two attached hydrogens (primary N) is 1. The minimum atomic E-state index is -0.438. The van der Waals surface area contributed by atoms with Gasteiger partial charge in [-0.2, -0.15) is 0 Å². The van der Waals surface area contributed by atoms with Crippen molar-refractivity contribution in [2.75, 3.05) is 6.61 Å². The van der Waals surface area contributed by atoms with Gasteiger partial charge in [-0.3, -0.25) is 4.79 Å². The molecule has 0 aliphatic heterocycles. The third kappa shape index (κ3) is 10.1. The van der Waals surface area contributed by atoms with Gasteiger partial charge in [0.15, 0.2) is 0 Å². The van der Waals surface area contributed by atoms with Gasteiger partial charge in [0.1, 0.15) is 5.78 Å². The highest BCUT2D eigenvalue weighted by Crippen LogP contribution is 2.05. The Morgan fingerprint density at radius 2 is 2.00 bits per heavy atom. The lowest BCUT2D eigenvalue weighted by Crippen LogP contribution is -2.34. The van der Waals surface area contributed by atoms with Crippen molar-refractivity contribution >= 4 is 22.8 Å². The summed E-state index contributed by atoms with van der Waals surface area (Å²) < 4.78 is 0. The van der Waals surface area contributed by atoms with Crippen molar-refractivity contribution in [2.24, 2.45) is 5.73 Å². The first-order valence-electron chi connectivity index (χ1n) is 3.37. The Hall–Kier alpha value is 0.0700. The molecule has 0 aliphatic rings. The van der Waals surface area contributed by atoms with Crippen LogP contribution in [0.4, 0.5) is 0 Å². The third-order valence-corrected chi connectivity index (χ3v) is 1.04. The van der Waals surface area contributed by atoms with E-state index in [0.717, 1.165) is 0 Å². The van der Waals surface area contributed by atoms with Crippen molar-refractivity contribution in [3.63, 3.8) is 0 Å². The summed E-state index contributed by atoms with van der Waals surface area (Å²) in [5.41, 5.74) is 5.13. The van der Waals surface area contributed by atoms with Crippen molar-refractivity contribution < 1.29 is 9.90 Å². The summed E-state index contributed by atoms with van der Waals surface area (Å²) >= 11 is 0. The summed E-state index contributed by atoms with van der Waals surface area (Å²) in [6.45, 7) is 3.51. The first kappa shape index (κ1) is 13.6. The van der Waals surface area contributed by atoms with E-state index in [1.54, 1.807) is 13.8 Å². The molecule has 0 aromatic rings. The topological polar surface area (TPSA) is 63.3 Å². The summed E-state index contributed by atoms with van der Waals surface area (Å²) in [5.74, 6) is 0.0231. The molecule has 0 amide bonds. The van der Waals surface area contributed by atoms with Crippen molar-refractivity contribution in [3.8, 4) is 0 Å². The maximum atomic E-state index is 10.8. The van der Waals surface area contributed by atoms with Crippen LogP contribution in [-0.4, -0.2) is 23.0 Å². The van der Waals surface area contributed by atoms with Crippen LogP contribution < -0.4 is 5.73 Å². The monoisotopic (exact) mass is 225 g/mol. The molecule has 0 spiro atoms. The fourth-order valence-corrected chi connectivity index (χ4v) is 0.721. The molecule has 3 N–H and O–H groups in total. The largest absolute Gasteiger partial charge is 0.396 e. The van der Waals surface area contributed by atoms with Gasteiger partial charge in [0.05, 0.1) is 0 Å². The summed E-state index contributed by atoms with van der Waals surface area (Å²) in [6, 6.07) is 0. The number of rotatable bonds is 4. The second-order valence-corrected chi connectivity index (χ2v) is 3.18. The van der Waals surface area contributed by atoms with Crippen LogP contribution in [0.5, 0.6) is 0 Å². The van der Waals surface area contributed by atoms with Crippen LogP contribution in [0.15, 0.2) is 0 Å². The van der Waals surface area contributed by atoms with Gasteiger partial charge in [-0.05, 0) is 13.8 Å². The fraction of sp³-hybridized carbons (Fsp3) is 0.857. The number of carbonyl (C=O) groups is 1. The number of aliphatic hydroxyl groups is 1. The smallest absolute Gasteiger partial charge is 0.137 e. The number of Topliss-reactive ketones (excluding diaryl/α,β-unsaturated/α-hetero) is 1. The van der Waals surface area contributed by atoms with Crippen molar-refractivity contribution in [3.05, 3.63) is 0 Å². The van der Waals surface area contributed by atoms with E-state index in [4.69, 9.17) is 10.8 Å². The Morgan fingerprint density at radius 3 is 2.27 bits per heavy atom. The van der Waals surface area contributed by atoms with E-state index in [0.29, 0.717) is 6.42 Å². The summed E-state index contributed by atoms with van der Waals surface area (Å²) in [5, 5.41) is 8.37. The fourth-order valence-electron chi connectivity index (χ4n) is 0.721. The number of aliphatic hydroxyl groups excluding tert-OH is 1. The molecule has 0 rings (SSSR count). The van der Waals surface area contributed by atoms with E-state index in [-0.39, 0.29) is 35.8 Å². The molecule has 0 atom stereocenters. The molecule has 0 radical (unpaired) electrons. The van der Waals surface area contributed by atoms with Crippen molar-refractivity contribution in [1.29, 1.82) is 0 Å². The van der Waals surface area contributed by atoms with Crippen molar-refractivity contribution in [1.82, 2.24) is 0 Å². The molecule has 0 aliphatic carbocycles. The van der Waals surface area contributed by atoms with Gasteiger partial charge < -0.3 is 10.8 Å². The van der Waals surface area contributed by atoms with E-state index in [1.165, 1.54) is 0 Å². The molecule has 3 nitrogen and oxygen atoms in total.